The first-order chi connectivity index (χ1) is 8.76. The molecule has 0 aliphatic heterocycles. The highest BCUT2D eigenvalue weighted by atomic mass is 16.5. The Balaban J connectivity index is 2.40. The lowest BCUT2D eigenvalue weighted by atomic mass is 10.1. The van der Waals surface area contributed by atoms with Gasteiger partial charge in [0.05, 0.1) is 23.9 Å². The number of nitrogens with zero attached hydrogens (tertiary/aromatic N) is 2. The van der Waals surface area contributed by atoms with Crippen LogP contribution in [-0.4, -0.2) is 17.6 Å². The number of esters is 1. The van der Waals surface area contributed by atoms with E-state index < -0.39 is 11.9 Å². The van der Waals surface area contributed by atoms with Gasteiger partial charge in [-0.2, -0.15) is 5.26 Å². The van der Waals surface area contributed by atoms with Crippen LogP contribution in [0.4, 0.5) is 0 Å². The second-order valence-electron chi connectivity index (χ2n) is 3.74. The van der Waals surface area contributed by atoms with E-state index in [1.807, 2.05) is 36.4 Å². The summed E-state index contributed by atoms with van der Waals surface area (Å²) in [5.41, 5.74) is 1.19. The van der Waals surface area contributed by atoms with Crippen LogP contribution in [0.1, 0.15) is 18.5 Å². The third-order valence-electron chi connectivity index (χ3n) is 2.57. The second kappa shape index (κ2) is 5.28. The molecule has 0 unspecified atom stereocenters. The molecule has 0 amide bonds. The average Bonchev–Trinajstić information content (AvgIpc) is 2.40. The summed E-state index contributed by atoms with van der Waals surface area (Å²) in [5, 5.41) is 10.0. The summed E-state index contributed by atoms with van der Waals surface area (Å²) < 4.78 is 4.86. The number of benzene rings is 1. The lowest BCUT2D eigenvalue weighted by molar-refractivity contribution is -0.143. The van der Waals surface area contributed by atoms with Gasteiger partial charge < -0.3 is 4.74 Å². The molecule has 0 saturated heterocycles. The smallest absolute Gasteiger partial charge is 0.329 e. The lowest BCUT2D eigenvalue weighted by Crippen LogP contribution is -2.15. The van der Waals surface area contributed by atoms with Gasteiger partial charge in [-0.1, -0.05) is 24.3 Å². The molecule has 0 radical (unpaired) electrons. The van der Waals surface area contributed by atoms with Crippen molar-refractivity contribution in [2.24, 2.45) is 0 Å². The van der Waals surface area contributed by atoms with Crippen molar-refractivity contribution in [3.05, 3.63) is 42.1 Å². The summed E-state index contributed by atoms with van der Waals surface area (Å²) in [6.07, 6.45) is 0. The molecule has 0 N–H and O–H groups in total. The van der Waals surface area contributed by atoms with Crippen molar-refractivity contribution < 1.29 is 9.53 Å². The van der Waals surface area contributed by atoms with Crippen LogP contribution in [0.3, 0.4) is 0 Å². The quantitative estimate of drug-likeness (QED) is 0.773. The molecule has 4 heteroatoms. The molecule has 1 heterocycles. The molecule has 18 heavy (non-hydrogen) atoms. The minimum absolute atomic E-state index is 0.255. The number of hydrogen-bond acceptors (Lipinski definition) is 4. The molecule has 0 spiro atoms. The third kappa shape index (κ3) is 2.30. The fraction of sp³-hybridized carbons (Fsp3) is 0.214. The Hall–Kier alpha value is -2.41. The Morgan fingerprint density at radius 2 is 2.17 bits per heavy atom. The zero-order chi connectivity index (χ0) is 13.0. The predicted molar refractivity (Wildman–Crippen MR) is 66.7 cm³/mol. The van der Waals surface area contributed by atoms with Crippen molar-refractivity contribution in [2.45, 2.75) is 12.8 Å². The summed E-state index contributed by atoms with van der Waals surface area (Å²) in [6.45, 7) is 1.96. The van der Waals surface area contributed by atoms with Crippen LogP contribution < -0.4 is 0 Å². The molecule has 4 nitrogen and oxygen atoms in total. The van der Waals surface area contributed by atoms with Crippen LogP contribution >= 0.6 is 0 Å². The van der Waals surface area contributed by atoms with E-state index in [-0.39, 0.29) is 6.61 Å². The summed E-state index contributed by atoms with van der Waals surface area (Å²) in [4.78, 5) is 16.0. The minimum atomic E-state index is -0.963. The number of fused-ring (bicyclic) bond motifs is 1. The number of aromatic nitrogens is 1. The van der Waals surface area contributed by atoms with Gasteiger partial charge in [0, 0.05) is 5.39 Å². The number of para-hydroxylation sites is 1. The van der Waals surface area contributed by atoms with Crippen molar-refractivity contribution in [2.75, 3.05) is 6.61 Å². The summed E-state index contributed by atoms with van der Waals surface area (Å²) in [7, 11) is 0. The van der Waals surface area contributed by atoms with Crippen LogP contribution in [-0.2, 0) is 9.53 Å². The van der Waals surface area contributed by atoms with Crippen molar-refractivity contribution in [3.8, 4) is 6.07 Å². The van der Waals surface area contributed by atoms with Crippen LogP contribution in [0.15, 0.2) is 36.4 Å². The van der Waals surface area contributed by atoms with E-state index in [1.165, 1.54) is 0 Å². The number of hydrogen-bond donors (Lipinski definition) is 0. The van der Waals surface area contributed by atoms with Crippen molar-refractivity contribution in [3.63, 3.8) is 0 Å². The van der Waals surface area contributed by atoms with E-state index in [9.17, 15) is 4.79 Å². The maximum atomic E-state index is 11.6. The van der Waals surface area contributed by atoms with Crippen LogP contribution in [0, 0.1) is 11.3 Å². The van der Waals surface area contributed by atoms with Crippen molar-refractivity contribution in [1.82, 2.24) is 4.98 Å². The second-order valence-corrected chi connectivity index (χ2v) is 3.74. The molecule has 90 valence electrons. The van der Waals surface area contributed by atoms with Gasteiger partial charge in [0.1, 0.15) is 0 Å². The number of carbonyl (C=O) groups is 1. The zero-order valence-electron chi connectivity index (χ0n) is 9.96. The van der Waals surface area contributed by atoms with Gasteiger partial charge in [-0.15, -0.1) is 0 Å². The van der Waals surface area contributed by atoms with Gasteiger partial charge >= 0.3 is 5.97 Å². The first-order valence-corrected chi connectivity index (χ1v) is 5.68. The van der Waals surface area contributed by atoms with Crippen LogP contribution in [0.5, 0.6) is 0 Å². The molecule has 2 aromatic rings. The molecule has 1 aromatic carbocycles. The van der Waals surface area contributed by atoms with Gasteiger partial charge in [-0.25, -0.2) is 0 Å². The molecule has 0 aliphatic rings. The Labute approximate surface area is 105 Å². The van der Waals surface area contributed by atoms with E-state index >= 15 is 0 Å². The molecule has 0 saturated carbocycles. The monoisotopic (exact) mass is 240 g/mol. The van der Waals surface area contributed by atoms with Gasteiger partial charge in [-0.05, 0) is 19.1 Å². The molecule has 0 bridgehead atoms. The number of pyridine rings is 1. The number of carbonyl (C=O) groups excluding carboxylic acids is 1. The van der Waals surface area contributed by atoms with Crippen LogP contribution in [0.25, 0.3) is 10.9 Å². The van der Waals surface area contributed by atoms with Gasteiger partial charge in [0.2, 0.25) is 0 Å². The van der Waals surface area contributed by atoms with Crippen molar-refractivity contribution >= 4 is 16.9 Å². The largest absolute Gasteiger partial charge is 0.465 e. The maximum absolute atomic E-state index is 11.6. The topological polar surface area (TPSA) is 63.0 Å². The third-order valence-corrected chi connectivity index (χ3v) is 2.57. The molecular weight excluding hydrogens is 228 g/mol. The lowest BCUT2D eigenvalue weighted by Gasteiger charge is -2.08. The highest BCUT2D eigenvalue weighted by Crippen LogP contribution is 2.19. The number of nitriles is 1. The number of rotatable bonds is 3. The van der Waals surface area contributed by atoms with Crippen LogP contribution in [0.2, 0.25) is 0 Å². The Kier molecular flexibility index (Phi) is 3.54. The normalized spacial score (nSPS) is 11.8. The van der Waals surface area contributed by atoms with E-state index in [2.05, 4.69) is 4.98 Å². The molecule has 1 atom stereocenters. The van der Waals surface area contributed by atoms with E-state index in [0.717, 1.165) is 10.9 Å². The highest BCUT2D eigenvalue weighted by molar-refractivity contribution is 5.83. The summed E-state index contributed by atoms with van der Waals surface area (Å²) >= 11 is 0. The molecule has 0 aliphatic carbocycles. The minimum Gasteiger partial charge on any atom is -0.465 e. The Morgan fingerprint density at radius 3 is 2.89 bits per heavy atom. The fourth-order valence-electron chi connectivity index (χ4n) is 1.71. The SMILES string of the molecule is CCOC(=O)[C@H](C#N)c1ccc2ccccc2n1. The summed E-state index contributed by atoms with van der Waals surface area (Å²) in [6, 6.07) is 13.0. The zero-order valence-corrected chi connectivity index (χ0v) is 9.96. The van der Waals surface area contributed by atoms with Gasteiger partial charge in [-0.3, -0.25) is 9.78 Å². The van der Waals surface area contributed by atoms with E-state index in [4.69, 9.17) is 10.00 Å². The first-order valence-electron chi connectivity index (χ1n) is 5.68. The summed E-state index contributed by atoms with van der Waals surface area (Å²) in [5.74, 6) is -1.52. The van der Waals surface area contributed by atoms with E-state index in [0.29, 0.717) is 5.69 Å². The average molecular weight is 240 g/mol. The standard InChI is InChI=1S/C14H12N2O2/c1-2-18-14(17)11(9-15)13-8-7-10-5-3-4-6-12(10)16-13/h3-8,11H,2H2,1H3/t11-/m1/s1. The fourth-order valence-corrected chi connectivity index (χ4v) is 1.71. The predicted octanol–water partition coefficient (Wildman–Crippen LogP) is 2.41. The Bertz CT molecular complexity index is 616. The first kappa shape index (κ1) is 12.1. The van der Waals surface area contributed by atoms with Gasteiger partial charge in [0.15, 0.2) is 5.92 Å². The molecular formula is C14H12N2O2. The molecule has 0 fully saturated rings. The van der Waals surface area contributed by atoms with Gasteiger partial charge in [0.25, 0.3) is 0 Å². The molecule has 1 aromatic heterocycles. The maximum Gasteiger partial charge on any atom is 0.329 e. The van der Waals surface area contributed by atoms with Crippen molar-refractivity contribution in [1.29, 1.82) is 5.26 Å². The molecule has 2 rings (SSSR count). The highest BCUT2D eigenvalue weighted by Gasteiger charge is 2.22. The Morgan fingerprint density at radius 1 is 1.39 bits per heavy atom. The van der Waals surface area contributed by atoms with E-state index in [1.54, 1.807) is 13.0 Å². The number of ether oxygens (including phenoxy) is 1.